The van der Waals surface area contributed by atoms with Crippen molar-refractivity contribution < 1.29 is 23.8 Å². The molecule has 3 rings (SSSR count). The number of benzene rings is 1. The van der Waals surface area contributed by atoms with E-state index in [1.807, 2.05) is 6.08 Å². The summed E-state index contributed by atoms with van der Waals surface area (Å²) in [6.07, 6.45) is 3.01. The number of halogens is 1. The molecule has 6 heteroatoms. The first-order valence-electron chi connectivity index (χ1n) is 8.63. The van der Waals surface area contributed by atoms with Crippen LogP contribution in [0.4, 0.5) is 9.18 Å². The molecule has 2 aliphatic heterocycles. The molecule has 1 N–H and O–H groups in total. The first-order valence-corrected chi connectivity index (χ1v) is 8.63. The van der Waals surface area contributed by atoms with Crippen LogP contribution in [-0.4, -0.2) is 41.4 Å². The highest BCUT2D eigenvalue weighted by Gasteiger charge is 2.37. The zero-order valence-corrected chi connectivity index (χ0v) is 14.6. The summed E-state index contributed by atoms with van der Waals surface area (Å²) in [4.78, 5) is 12.9. The van der Waals surface area contributed by atoms with Gasteiger partial charge in [-0.15, -0.1) is 0 Å². The molecule has 0 saturated heterocycles. The Morgan fingerprint density at radius 3 is 3.04 bits per heavy atom. The highest BCUT2D eigenvalue weighted by molar-refractivity contribution is 5.58. The molecule has 0 spiro atoms. The summed E-state index contributed by atoms with van der Waals surface area (Å²) in [5.74, 6) is 1.28. The zero-order valence-electron chi connectivity index (χ0n) is 14.6. The number of rotatable bonds is 4. The zero-order chi connectivity index (χ0) is 18.0. The maximum atomic E-state index is 13.5. The lowest BCUT2D eigenvalue weighted by atomic mass is 9.80. The summed E-state index contributed by atoms with van der Waals surface area (Å²) < 4.78 is 24.4. The summed E-state index contributed by atoms with van der Waals surface area (Å²) in [6.45, 7) is 6.34. The van der Waals surface area contributed by atoms with Crippen LogP contribution in [0.1, 0.15) is 32.3 Å². The fourth-order valence-corrected chi connectivity index (χ4v) is 3.62. The van der Waals surface area contributed by atoms with Crippen LogP contribution in [0.15, 0.2) is 30.0 Å². The van der Waals surface area contributed by atoms with E-state index in [1.54, 1.807) is 12.1 Å². The minimum Gasteiger partial charge on any atom is -0.487 e. The van der Waals surface area contributed by atoms with Gasteiger partial charge >= 0.3 is 6.16 Å². The van der Waals surface area contributed by atoms with E-state index in [2.05, 4.69) is 18.7 Å². The summed E-state index contributed by atoms with van der Waals surface area (Å²) >= 11 is 0. The number of fused-ring (bicyclic) bond motifs is 1. The van der Waals surface area contributed by atoms with Crippen molar-refractivity contribution in [3.63, 3.8) is 0 Å². The average Bonchev–Trinajstić information content (AvgIpc) is 2.52. The van der Waals surface area contributed by atoms with E-state index >= 15 is 0 Å². The molecule has 0 bridgehead atoms. The van der Waals surface area contributed by atoms with E-state index in [0.717, 1.165) is 43.7 Å². The van der Waals surface area contributed by atoms with E-state index in [9.17, 15) is 9.18 Å². The van der Waals surface area contributed by atoms with E-state index in [0.29, 0.717) is 12.3 Å². The van der Waals surface area contributed by atoms with Crippen LogP contribution in [0.3, 0.4) is 0 Å². The standard InChI is InChI=1S/C19H24FNO4/c1-19(2)14(10-13-11-15(20)5-6-17(13)25-19)7-9-21-8-3-4-16(12-21)24-18(22)23/h4-6,11,14H,3,7-10,12H2,1-2H3,(H,22,23). The van der Waals surface area contributed by atoms with Crippen molar-refractivity contribution in [2.45, 2.75) is 38.7 Å². The molecule has 2 aliphatic rings. The lowest BCUT2D eigenvalue weighted by Gasteiger charge is -2.41. The van der Waals surface area contributed by atoms with Crippen LogP contribution in [0.2, 0.25) is 0 Å². The number of nitrogens with zero attached hydrogens (tertiary/aromatic N) is 1. The second-order valence-electron chi connectivity index (χ2n) is 7.25. The number of carbonyl (C=O) groups is 1. The second-order valence-corrected chi connectivity index (χ2v) is 7.25. The first kappa shape index (κ1) is 17.7. The fraction of sp³-hybridized carbons (Fsp3) is 0.526. The van der Waals surface area contributed by atoms with Crippen LogP contribution in [0.25, 0.3) is 0 Å². The molecule has 0 fully saturated rings. The van der Waals surface area contributed by atoms with Gasteiger partial charge in [-0.2, -0.15) is 0 Å². The van der Waals surface area contributed by atoms with Crippen LogP contribution in [0, 0.1) is 11.7 Å². The molecule has 1 aromatic carbocycles. The van der Waals surface area contributed by atoms with Gasteiger partial charge in [0, 0.05) is 12.5 Å². The largest absolute Gasteiger partial charge is 0.511 e. The Kier molecular flexibility index (Phi) is 4.99. The third-order valence-electron chi connectivity index (χ3n) is 5.05. The van der Waals surface area contributed by atoms with Gasteiger partial charge in [0.25, 0.3) is 0 Å². The maximum absolute atomic E-state index is 13.5. The molecule has 136 valence electrons. The van der Waals surface area contributed by atoms with Crippen molar-refractivity contribution >= 4 is 6.16 Å². The Hall–Kier alpha value is -2.08. The number of hydrogen-bond donors (Lipinski definition) is 1. The molecule has 1 atom stereocenters. The van der Waals surface area contributed by atoms with Gasteiger partial charge in [-0.3, -0.25) is 4.90 Å². The van der Waals surface area contributed by atoms with Crippen LogP contribution in [0.5, 0.6) is 5.75 Å². The number of carboxylic acid groups (broad SMARTS) is 1. The molecule has 0 saturated carbocycles. The van der Waals surface area contributed by atoms with Crippen molar-refractivity contribution in [2.75, 3.05) is 19.6 Å². The van der Waals surface area contributed by atoms with E-state index in [4.69, 9.17) is 14.6 Å². The molecule has 5 nitrogen and oxygen atoms in total. The van der Waals surface area contributed by atoms with Crippen molar-refractivity contribution in [1.82, 2.24) is 4.90 Å². The highest BCUT2D eigenvalue weighted by atomic mass is 19.1. The smallest absolute Gasteiger partial charge is 0.487 e. The second kappa shape index (κ2) is 7.04. The maximum Gasteiger partial charge on any atom is 0.511 e. The Morgan fingerprint density at radius 1 is 1.48 bits per heavy atom. The molecule has 25 heavy (non-hydrogen) atoms. The minimum atomic E-state index is -1.27. The van der Waals surface area contributed by atoms with Gasteiger partial charge in [-0.25, -0.2) is 9.18 Å². The van der Waals surface area contributed by atoms with Gasteiger partial charge in [-0.05, 0) is 69.5 Å². The number of hydrogen-bond acceptors (Lipinski definition) is 4. The van der Waals surface area contributed by atoms with Gasteiger partial charge < -0.3 is 14.6 Å². The number of ether oxygens (including phenoxy) is 2. The average molecular weight is 349 g/mol. The van der Waals surface area contributed by atoms with Gasteiger partial charge in [0.15, 0.2) is 0 Å². The summed E-state index contributed by atoms with van der Waals surface area (Å²) in [5, 5.41) is 8.74. The van der Waals surface area contributed by atoms with Gasteiger partial charge in [0.2, 0.25) is 0 Å². The Balaban J connectivity index is 1.61. The van der Waals surface area contributed by atoms with E-state index in [-0.39, 0.29) is 17.3 Å². The van der Waals surface area contributed by atoms with Crippen LogP contribution in [-0.2, 0) is 11.2 Å². The summed E-state index contributed by atoms with van der Waals surface area (Å²) in [6, 6.07) is 4.69. The van der Waals surface area contributed by atoms with Crippen molar-refractivity contribution in [3.8, 4) is 5.75 Å². The Bertz CT molecular complexity index is 686. The molecule has 0 amide bonds. The summed E-state index contributed by atoms with van der Waals surface area (Å²) in [7, 11) is 0. The minimum absolute atomic E-state index is 0.238. The van der Waals surface area contributed by atoms with Crippen molar-refractivity contribution in [3.05, 3.63) is 41.4 Å². The highest BCUT2D eigenvalue weighted by Crippen LogP contribution is 2.38. The van der Waals surface area contributed by atoms with Crippen molar-refractivity contribution in [1.29, 1.82) is 0 Å². The van der Waals surface area contributed by atoms with Crippen LogP contribution >= 0.6 is 0 Å². The fourth-order valence-electron chi connectivity index (χ4n) is 3.62. The quantitative estimate of drug-likeness (QED) is 0.837. The monoisotopic (exact) mass is 349 g/mol. The molecule has 0 aromatic heterocycles. The molecular formula is C19H24FNO4. The molecule has 0 aliphatic carbocycles. The van der Waals surface area contributed by atoms with E-state index in [1.165, 1.54) is 6.07 Å². The third kappa shape index (κ3) is 4.31. The molecule has 2 heterocycles. The molecule has 0 radical (unpaired) electrons. The molecular weight excluding hydrogens is 325 g/mol. The van der Waals surface area contributed by atoms with Crippen molar-refractivity contribution in [2.24, 2.45) is 5.92 Å². The van der Waals surface area contributed by atoms with Crippen LogP contribution < -0.4 is 4.74 Å². The predicted molar refractivity (Wildman–Crippen MR) is 91.2 cm³/mol. The predicted octanol–water partition coefficient (Wildman–Crippen LogP) is 3.83. The Morgan fingerprint density at radius 2 is 2.28 bits per heavy atom. The van der Waals surface area contributed by atoms with Gasteiger partial charge in [-0.1, -0.05) is 0 Å². The van der Waals surface area contributed by atoms with Gasteiger partial charge in [0.05, 0.1) is 6.54 Å². The molecule has 1 unspecified atom stereocenters. The van der Waals surface area contributed by atoms with Gasteiger partial charge in [0.1, 0.15) is 22.9 Å². The lowest BCUT2D eigenvalue weighted by Crippen LogP contribution is -2.44. The first-order chi connectivity index (χ1) is 11.8. The normalized spacial score (nSPS) is 22.5. The SMILES string of the molecule is CC1(C)Oc2ccc(F)cc2CC1CCN1CCC=C(OC(=O)O)C1. The third-order valence-corrected chi connectivity index (χ3v) is 5.05. The molecule has 1 aromatic rings. The topological polar surface area (TPSA) is 59.0 Å². The van der Waals surface area contributed by atoms with E-state index < -0.39 is 6.16 Å². The lowest BCUT2D eigenvalue weighted by molar-refractivity contribution is 0.0174. The Labute approximate surface area is 147 Å². The summed E-state index contributed by atoms with van der Waals surface area (Å²) in [5.41, 5.74) is 0.592.